The number of carbonyl (C=O) groups excluding carboxylic acids is 1. The minimum Gasteiger partial charge on any atom is -0.344 e. The molecular formula is C17H22BrFN4O. The van der Waals surface area contributed by atoms with E-state index in [1.807, 2.05) is 21.0 Å². The van der Waals surface area contributed by atoms with E-state index < -0.39 is 0 Å². The van der Waals surface area contributed by atoms with E-state index in [-0.39, 0.29) is 17.8 Å². The van der Waals surface area contributed by atoms with E-state index in [0.717, 1.165) is 18.5 Å². The molecule has 1 amide bonds. The van der Waals surface area contributed by atoms with E-state index in [2.05, 4.69) is 31.2 Å². The Hall–Kier alpha value is -1.73. The molecule has 2 rings (SSSR count). The molecule has 130 valence electrons. The monoisotopic (exact) mass is 396 g/mol. The lowest BCUT2D eigenvalue weighted by molar-refractivity contribution is 0.0921. The number of rotatable bonds is 7. The summed E-state index contributed by atoms with van der Waals surface area (Å²) in [6.07, 6.45) is 2.34. The maximum atomic E-state index is 13.2. The summed E-state index contributed by atoms with van der Waals surface area (Å²) in [4.78, 5) is 14.8. The molecule has 2 aromatic rings. The van der Waals surface area contributed by atoms with Gasteiger partial charge < -0.3 is 10.2 Å². The first-order valence-electron chi connectivity index (χ1n) is 7.84. The maximum Gasteiger partial charge on any atom is 0.271 e. The maximum absolute atomic E-state index is 13.2. The molecule has 0 radical (unpaired) electrons. The summed E-state index contributed by atoms with van der Waals surface area (Å²) < 4.78 is 15.5. The zero-order valence-electron chi connectivity index (χ0n) is 14.1. The van der Waals surface area contributed by atoms with Crippen molar-refractivity contribution in [2.45, 2.75) is 25.9 Å². The first-order valence-corrected chi connectivity index (χ1v) is 8.64. The van der Waals surface area contributed by atoms with Crippen molar-refractivity contribution in [1.82, 2.24) is 20.0 Å². The Bertz CT molecular complexity index is 684. The van der Waals surface area contributed by atoms with Gasteiger partial charge in [-0.25, -0.2) is 4.39 Å². The van der Waals surface area contributed by atoms with Gasteiger partial charge >= 0.3 is 0 Å². The molecule has 1 N–H and O–H groups in total. The molecule has 0 aliphatic rings. The molecule has 1 aromatic heterocycles. The second-order valence-electron chi connectivity index (χ2n) is 5.83. The predicted octanol–water partition coefficient (Wildman–Crippen LogP) is 3.23. The molecule has 5 nitrogen and oxygen atoms in total. The topological polar surface area (TPSA) is 50.2 Å². The summed E-state index contributed by atoms with van der Waals surface area (Å²) in [5.41, 5.74) is 1.37. The van der Waals surface area contributed by atoms with Gasteiger partial charge in [-0.1, -0.05) is 12.1 Å². The van der Waals surface area contributed by atoms with Crippen molar-refractivity contribution in [2.24, 2.45) is 0 Å². The van der Waals surface area contributed by atoms with E-state index >= 15 is 0 Å². The zero-order chi connectivity index (χ0) is 17.7. The van der Waals surface area contributed by atoms with Gasteiger partial charge in [-0.3, -0.25) is 9.48 Å². The minimum absolute atomic E-state index is 0.200. The number of nitrogens with zero attached hydrogens (tertiary/aromatic N) is 3. The van der Waals surface area contributed by atoms with Crippen LogP contribution in [-0.2, 0) is 6.54 Å². The molecule has 1 heterocycles. The first-order chi connectivity index (χ1) is 11.4. The smallest absolute Gasteiger partial charge is 0.271 e. The van der Waals surface area contributed by atoms with Gasteiger partial charge in [-0.05, 0) is 67.6 Å². The fourth-order valence-corrected chi connectivity index (χ4v) is 2.94. The van der Waals surface area contributed by atoms with Gasteiger partial charge in [0.15, 0.2) is 0 Å². The number of carbonyl (C=O) groups is 1. The Morgan fingerprint density at radius 2 is 2.04 bits per heavy atom. The summed E-state index contributed by atoms with van der Waals surface area (Å²) in [6, 6.07) is 6.05. The average Bonchev–Trinajstić information content (AvgIpc) is 2.93. The number of aromatic nitrogens is 2. The van der Waals surface area contributed by atoms with Crippen LogP contribution in [0.25, 0.3) is 0 Å². The van der Waals surface area contributed by atoms with Crippen molar-refractivity contribution >= 4 is 21.8 Å². The number of amides is 1. The normalized spacial score (nSPS) is 12.4. The largest absolute Gasteiger partial charge is 0.344 e. The third-order valence-electron chi connectivity index (χ3n) is 3.75. The highest BCUT2D eigenvalue weighted by atomic mass is 79.9. The van der Waals surface area contributed by atoms with Crippen molar-refractivity contribution < 1.29 is 9.18 Å². The summed E-state index contributed by atoms with van der Waals surface area (Å²) in [5.74, 6) is -0.488. The third kappa shape index (κ3) is 4.64. The standard InChI is InChI=1S/C17H22BrFN4O/c1-4-23-16(14(18)11-20-23)17(24)21-15(9-10-22(2)3)12-5-7-13(19)8-6-12/h5-8,11,15H,4,9-10H2,1-3H3,(H,21,24). The van der Waals surface area contributed by atoms with Crippen molar-refractivity contribution in [3.8, 4) is 0 Å². The molecule has 1 unspecified atom stereocenters. The number of halogens is 2. The van der Waals surface area contributed by atoms with Crippen LogP contribution in [0.3, 0.4) is 0 Å². The van der Waals surface area contributed by atoms with Crippen LogP contribution in [-0.4, -0.2) is 41.2 Å². The van der Waals surface area contributed by atoms with Crippen LogP contribution in [0.15, 0.2) is 34.9 Å². The Balaban J connectivity index is 2.22. The molecule has 0 saturated heterocycles. The van der Waals surface area contributed by atoms with Crippen LogP contribution in [0.2, 0.25) is 0 Å². The SMILES string of the molecule is CCn1ncc(Br)c1C(=O)NC(CCN(C)C)c1ccc(F)cc1. The van der Waals surface area contributed by atoms with Gasteiger partial charge in [0, 0.05) is 6.54 Å². The molecule has 0 aliphatic carbocycles. The van der Waals surface area contributed by atoms with Crippen molar-refractivity contribution in [1.29, 1.82) is 0 Å². The molecule has 0 saturated carbocycles. The van der Waals surface area contributed by atoms with E-state index in [9.17, 15) is 9.18 Å². The van der Waals surface area contributed by atoms with Crippen LogP contribution >= 0.6 is 15.9 Å². The lowest BCUT2D eigenvalue weighted by atomic mass is 10.0. The van der Waals surface area contributed by atoms with Crippen LogP contribution in [0.5, 0.6) is 0 Å². The van der Waals surface area contributed by atoms with Crippen LogP contribution < -0.4 is 5.32 Å². The predicted molar refractivity (Wildman–Crippen MR) is 95.4 cm³/mol. The van der Waals surface area contributed by atoms with Gasteiger partial charge in [0.25, 0.3) is 5.91 Å². The molecule has 0 aliphatic heterocycles. The van der Waals surface area contributed by atoms with Crippen LogP contribution in [0.1, 0.15) is 35.4 Å². The van der Waals surface area contributed by atoms with Crippen LogP contribution in [0, 0.1) is 5.82 Å². The summed E-state index contributed by atoms with van der Waals surface area (Å²) in [7, 11) is 3.96. The number of nitrogens with one attached hydrogen (secondary N) is 1. The highest BCUT2D eigenvalue weighted by Gasteiger charge is 2.21. The Morgan fingerprint density at radius 3 is 2.62 bits per heavy atom. The van der Waals surface area contributed by atoms with Crippen molar-refractivity contribution in [3.05, 3.63) is 52.0 Å². The first kappa shape index (κ1) is 18.6. The molecule has 7 heteroatoms. The summed E-state index contributed by atoms with van der Waals surface area (Å²) in [5, 5.41) is 7.22. The quantitative estimate of drug-likeness (QED) is 0.781. The summed E-state index contributed by atoms with van der Waals surface area (Å²) in [6.45, 7) is 3.34. The van der Waals surface area contributed by atoms with Gasteiger partial charge in [-0.15, -0.1) is 0 Å². The van der Waals surface area contributed by atoms with Crippen LogP contribution in [0.4, 0.5) is 4.39 Å². The van der Waals surface area contributed by atoms with E-state index in [4.69, 9.17) is 0 Å². The van der Waals surface area contributed by atoms with E-state index in [0.29, 0.717) is 16.7 Å². The zero-order valence-corrected chi connectivity index (χ0v) is 15.7. The molecule has 1 aromatic carbocycles. The molecule has 1 atom stereocenters. The number of benzene rings is 1. The fourth-order valence-electron chi connectivity index (χ4n) is 2.46. The summed E-state index contributed by atoms with van der Waals surface area (Å²) >= 11 is 3.37. The lowest BCUT2D eigenvalue weighted by Crippen LogP contribution is -2.32. The molecule has 0 bridgehead atoms. The highest BCUT2D eigenvalue weighted by Crippen LogP contribution is 2.21. The number of hydrogen-bond acceptors (Lipinski definition) is 3. The minimum atomic E-state index is -0.289. The fraction of sp³-hybridized carbons (Fsp3) is 0.412. The highest BCUT2D eigenvalue weighted by molar-refractivity contribution is 9.10. The second-order valence-corrected chi connectivity index (χ2v) is 6.68. The van der Waals surface area contributed by atoms with Gasteiger partial charge in [-0.2, -0.15) is 5.10 Å². The van der Waals surface area contributed by atoms with Gasteiger partial charge in [0.2, 0.25) is 0 Å². The molecule has 24 heavy (non-hydrogen) atoms. The van der Waals surface area contributed by atoms with E-state index in [1.54, 1.807) is 23.0 Å². The Kier molecular flexibility index (Phi) is 6.51. The average molecular weight is 397 g/mol. The van der Waals surface area contributed by atoms with Gasteiger partial charge in [0.1, 0.15) is 11.5 Å². The molecule has 0 fully saturated rings. The third-order valence-corrected chi connectivity index (χ3v) is 4.33. The molecule has 0 spiro atoms. The lowest BCUT2D eigenvalue weighted by Gasteiger charge is -2.21. The van der Waals surface area contributed by atoms with Gasteiger partial charge in [0.05, 0.1) is 16.7 Å². The molecular weight excluding hydrogens is 375 g/mol. The van der Waals surface area contributed by atoms with Crippen molar-refractivity contribution in [3.63, 3.8) is 0 Å². The van der Waals surface area contributed by atoms with Crippen molar-refractivity contribution in [2.75, 3.05) is 20.6 Å². The number of aryl methyl sites for hydroxylation is 1. The Morgan fingerprint density at radius 1 is 1.38 bits per heavy atom. The second kappa shape index (κ2) is 8.39. The Labute approximate surface area is 150 Å². The van der Waals surface area contributed by atoms with E-state index in [1.165, 1.54) is 12.1 Å². The number of hydrogen-bond donors (Lipinski definition) is 1.